The maximum absolute atomic E-state index is 15.1. The van der Waals surface area contributed by atoms with Gasteiger partial charge in [-0.25, -0.2) is 17.6 Å². The van der Waals surface area contributed by atoms with Gasteiger partial charge in [-0.05, 0) is 59.8 Å². The first-order valence-corrected chi connectivity index (χ1v) is 11.0. The lowest BCUT2D eigenvalue weighted by atomic mass is 9.96. The molecule has 0 unspecified atom stereocenters. The molecule has 0 amide bonds. The van der Waals surface area contributed by atoms with Crippen molar-refractivity contribution in [2.75, 3.05) is 13.2 Å². The zero-order valence-electron chi connectivity index (χ0n) is 19.3. The lowest BCUT2D eigenvalue weighted by molar-refractivity contribution is -0.153. The Kier molecular flexibility index (Phi) is 7.42. The maximum atomic E-state index is 15.1. The minimum Gasteiger partial charge on any atom is -0.489 e. The van der Waals surface area contributed by atoms with Crippen LogP contribution in [0, 0.1) is 23.3 Å². The molecule has 0 heterocycles. The Bertz CT molecular complexity index is 1450. The number of benzene rings is 4. The first kappa shape index (κ1) is 26.1. The van der Waals surface area contributed by atoms with Gasteiger partial charge in [-0.2, -0.15) is 13.2 Å². The molecule has 0 bridgehead atoms. The van der Waals surface area contributed by atoms with Crippen molar-refractivity contribution in [2.24, 2.45) is 0 Å². The van der Waals surface area contributed by atoms with Gasteiger partial charge in [0.1, 0.15) is 29.8 Å². The summed E-state index contributed by atoms with van der Waals surface area (Å²) in [5.74, 6) is -4.06. The number of alkyl halides is 3. The van der Waals surface area contributed by atoms with Crippen molar-refractivity contribution in [3.05, 3.63) is 96.1 Å². The minimum atomic E-state index is -4.64. The van der Waals surface area contributed by atoms with Crippen LogP contribution in [0.1, 0.15) is 6.92 Å². The molecule has 0 radical (unpaired) electrons. The van der Waals surface area contributed by atoms with Gasteiger partial charge in [0, 0.05) is 17.0 Å². The van der Waals surface area contributed by atoms with Crippen LogP contribution in [0.3, 0.4) is 0 Å². The predicted octanol–water partition coefficient (Wildman–Crippen LogP) is 8.63. The fraction of sp³-hybridized carbons (Fsp3) is 0.143. The van der Waals surface area contributed by atoms with Crippen LogP contribution in [-0.2, 0) is 0 Å². The van der Waals surface area contributed by atoms with Crippen molar-refractivity contribution in [3.63, 3.8) is 0 Å². The highest BCUT2D eigenvalue weighted by Crippen LogP contribution is 2.36. The summed E-state index contributed by atoms with van der Waals surface area (Å²) in [4.78, 5) is 0. The van der Waals surface area contributed by atoms with Crippen LogP contribution < -0.4 is 9.47 Å². The molecule has 0 aliphatic carbocycles. The quantitative estimate of drug-likeness (QED) is 0.179. The summed E-state index contributed by atoms with van der Waals surface area (Å²) in [6.45, 7) is 0.386. The van der Waals surface area contributed by atoms with E-state index in [1.54, 1.807) is 12.2 Å². The highest BCUT2D eigenvalue weighted by atomic mass is 19.4. The van der Waals surface area contributed by atoms with Gasteiger partial charge in [0.15, 0.2) is 18.2 Å². The van der Waals surface area contributed by atoms with Crippen molar-refractivity contribution in [3.8, 4) is 33.8 Å². The summed E-state index contributed by atoms with van der Waals surface area (Å²) in [6, 6.07) is 11.9. The molecule has 0 aromatic heterocycles. The molecule has 4 aromatic rings. The average molecular weight is 520 g/mol. The molecular weight excluding hydrogens is 501 g/mol. The highest BCUT2D eigenvalue weighted by molar-refractivity contribution is 5.89. The molecule has 0 aliphatic rings. The molecule has 2 nitrogen and oxygen atoms in total. The van der Waals surface area contributed by atoms with Crippen LogP contribution in [0.15, 0.2) is 72.8 Å². The minimum absolute atomic E-state index is 0.0327. The molecular formula is C28H19F7O2. The highest BCUT2D eigenvalue weighted by Gasteiger charge is 2.29. The van der Waals surface area contributed by atoms with Crippen LogP contribution >= 0.6 is 0 Å². The largest absolute Gasteiger partial charge is 0.489 e. The number of fused-ring (bicyclic) bond motifs is 1. The van der Waals surface area contributed by atoms with Gasteiger partial charge in [-0.15, -0.1) is 0 Å². The maximum Gasteiger partial charge on any atom is 0.422 e. The number of halogens is 7. The van der Waals surface area contributed by atoms with Gasteiger partial charge in [0.05, 0.1) is 5.56 Å². The molecule has 0 N–H and O–H groups in total. The second-order valence-electron chi connectivity index (χ2n) is 8.05. The van der Waals surface area contributed by atoms with Crippen molar-refractivity contribution in [1.82, 2.24) is 0 Å². The lowest BCUT2D eigenvalue weighted by Crippen LogP contribution is -2.19. The van der Waals surface area contributed by atoms with E-state index in [0.717, 1.165) is 24.3 Å². The molecule has 4 rings (SSSR count). The normalized spacial score (nSPS) is 11.9. The van der Waals surface area contributed by atoms with Crippen LogP contribution in [0.25, 0.3) is 33.0 Å². The van der Waals surface area contributed by atoms with Crippen LogP contribution in [-0.4, -0.2) is 19.4 Å². The van der Waals surface area contributed by atoms with Crippen molar-refractivity contribution >= 4 is 10.8 Å². The van der Waals surface area contributed by atoms with E-state index in [-0.39, 0.29) is 39.8 Å². The molecule has 0 saturated carbocycles. The Morgan fingerprint density at radius 2 is 1.49 bits per heavy atom. The van der Waals surface area contributed by atoms with Crippen molar-refractivity contribution in [1.29, 1.82) is 0 Å². The van der Waals surface area contributed by atoms with Crippen LogP contribution in [0.5, 0.6) is 11.5 Å². The standard InChI is InChI=1S/C28H19F7O2/c1-2-3-10-36-19-6-8-20(22(29)14-19)18-12-23(30)26(24(31)13-18)17-4-7-21-16(11-17)5-9-25(27(21)32)37-15-28(33,34)35/h2-9,11-14H,10,15H2,1H3. The summed E-state index contributed by atoms with van der Waals surface area (Å²) >= 11 is 0. The molecule has 9 heteroatoms. The van der Waals surface area contributed by atoms with E-state index in [0.29, 0.717) is 0 Å². The number of rotatable bonds is 7. The summed E-state index contributed by atoms with van der Waals surface area (Å²) in [5.41, 5.74) is -0.426. The van der Waals surface area contributed by atoms with E-state index in [1.807, 2.05) is 6.92 Å². The fourth-order valence-electron chi connectivity index (χ4n) is 3.76. The van der Waals surface area contributed by atoms with Crippen LogP contribution in [0.4, 0.5) is 30.7 Å². The Balaban J connectivity index is 1.65. The van der Waals surface area contributed by atoms with E-state index in [1.165, 1.54) is 36.4 Å². The molecule has 192 valence electrons. The summed E-state index contributed by atoms with van der Waals surface area (Å²) in [5, 5.41) is 0.108. The summed E-state index contributed by atoms with van der Waals surface area (Å²) < 4.78 is 106. The monoisotopic (exact) mass is 520 g/mol. The zero-order valence-corrected chi connectivity index (χ0v) is 19.3. The second-order valence-corrected chi connectivity index (χ2v) is 8.05. The third-order valence-electron chi connectivity index (χ3n) is 5.47. The van der Waals surface area contributed by atoms with Gasteiger partial charge < -0.3 is 9.47 Å². The average Bonchev–Trinajstić information content (AvgIpc) is 2.83. The Hall–Kier alpha value is -4.01. The molecule has 0 atom stereocenters. The lowest BCUT2D eigenvalue weighted by Gasteiger charge is -2.13. The molecule has 4 aromatic carbocycles. The van der Waals surface area contributed by atoms with Crippen molar-refractivity contribution < 1.29 is 40.2 Å². The summed E-state index contributed by atoms with van der Waals surface area (Å²) in [7, 11) is 0. The molecule has 37 heavy (non-hydrogen) atoms. The number of hydrogen-bond acceptors (Lipinski definition) is 2. The Morgan fingerprint density at radius 1 is 0.757 bits per heavy atom. The number of ether oxygens (including phenoxy) is 2. The van der Waals surface area contributed by atoms with E-state index < -0.39 is 47.4 Å². The zero-order chi connectivity index (χ0) is 26.7. The van der Waals surface area contributed by atoms with E-state index in [9.17, 15) is 22.0 Å². The van der Waals surface area contributed by atoms with E-state index in [2.05, 4.69) is 4.74 Å². The first-order chi connectivity index (χ1) is 17.6. The molecule has 0 aliphatic heterocycles. The second kappa shape index (κ2) is 10.5. The van der Waals surface area contributed by atoms with Gasteiger partial charge in [0.2, 0.25) is 0 Å². The topological polar surface area (TPSA) is 18.5 Å². The van der Waals surface area contributed by atoms with Gasteiger partial charge >= 0.3 is 6.18 Å². The Morgan fingerprint density at radius 3 is 2.14 bits per heavy atom. The number of hydrogen-bond donors (Lipinski definition) is 0. The number of allylic oxidation sites excluding steroid dienone is 1. The summed E-state index contributed by atoms with van der Waals surface area (Å²) in [6.07, 6.45) is -1.14. The Labute approximate surface area is 207 Å². The van der Waals surface area contributed by atoms with Gasteiger partial charge in [-0.1, -0.05) is 30.4 Å². The van der Waals surface area contributed by atoms with Crippen LogP contribution in [0.2, 0.25) is 0 Å². The molecule has 0 fully saturated rings. The van der Waals surface area contributed by atoms with E-state index >= 15 is 8.78 Å². The molecule has 0 saturated heterocycles. The SMILES string of the molecule is CC=CCOc1ccc(-c2cc(F)c(-c3ccc4c(F)c(OCC(F)(F)F)ccc4c3)c(F)c2)c(F)c1. The third-order valence-corrected chi connectivity index (χ3v) is 5.47. The van der Waals surface area contributed by atoms with E-state index in [4.69, 9.17) is 4.74 Å². The third kappa shape index (κ3) is 5.87. The smallest absolute Gasteiger partial charge is 0.422 e. The molecule has 0 spiro atoms. The van der Waals surface area contributed by atoms with Crippen molar-refractivity contribution in [2.45, 2.75) is 13.1 Å². The van der Waals surface area contributed by atoms with Gasteiger partial charge in [-0.3, -0.25) is 0 Å². The fourth-order valence-corrected chi connectivity index (χ4v) is 3.76. The predicted molar refractivity (Wildman–Crippen MR) is 127 cm³/mol. The van der Waals surface area contributed by atoms with Gasteiger partial charge in [0.25, 0.3) is 0 Å². The first-order valence-electron chi connectivity index (χ1n) is 11.0.